The predicted octanol–water partition coefficient (Wildman–Crippen LogP) is 3.25. The fraction of sp³-hybridized carbons (Fsp3) is 0.188. The van der Waals surface area contributed by atoms with Gasteiger partial charge < -0.3 is 10.6 Å². The molecular formula is C16H18N2O. The van der Waals surface area contributed by atoms with Gasteiger partial charge in [-0.3, -0.25) is 0 Å². The Kier molecular flexibility index (Phi) is 4.56. The average molecular weight is 254 g/mol. The van der Waals surface area contributed by atoms with Gasteiger partial charge in [-0.25, -0.2) is 4.79 Å². The van der Waals surface area contributed by atoms with Crippen LogP contribution < -0.4 is 10.6 Å². The third-order valence-electron chi connectivity index (χ3n) is 2.94. The van der Waals surface area contributed by atoms with Crippen LogP contribution in [0.3, 0.4) is 0 Å². The fourth-order valence-corrected chi connectivity index (χ4v) is 1.85. The van der Waals surface area contributed by atoms with E-state index < -0.39 is 0 Å². The van der Waals surface area contributed by atoms with E-state index in [4.69, 9.17) is 0 Å². The summed E-state index contributed by atoms with van der Waals surface area (Å²) in [7, 11) is 0. The summed E-state index contributed by atoms with van der Waals surface area (Å²) in [6.07, 6.45) is 0. The normalized spacial score (nSPS) is 11.6. The van der Waals surface area contributed by atoms with Crippen molar-refractivity contribution in [1.82, 2.24) is 10.6 Å². The maximum Gasteiger partial charge on any atom is 0.315 e. The second-order valence-electron chi connectivity index (χ2n) is 4.44. The van der Waals surface area contributed by atoms with Gasteiger partial charge in [0, 0.05) is 6.54 Å². The molecule has 0 heterocycles. The zero-order chi connectivity index (χ0) is 13.5. The summed E-state index contributed by atoms with van der Waals surface area (Å²) < 4.78 is 0. The molecule has 0 spiro atoms. The molecule has 0 radical (unpaired) electrons. The van der Waals surface area contributed by atoms with Crippen LogP contribution in [0, 0.1) is 0 Å². The lowest BCUT2D eigenvalue weighted by Crippen LogP contribution is -2.36. The molecule has 0 aliphatic rings. The van der Waals surface area contributed by atoms with Gasteiger partial charge in [0.15, 0.2) is 0 Å². The van der Waals surface area contributed by atoms with Crippen molar-refractivity contribution < 1.29 is 4.79 Å². The highest BCUT2D eigenvalue weighted by molar-refractivity contribution is 5.74. The lowest BCUT2D eigenvalue weighted by Gasteiger charge is -2.15. The first-order valence-electron chi connectivity index (χ1n) is 6.39. The SMILES string of the molecule is C[C@@H](NC(=O)NCc1ccccc1)c1ccccc1. The van der Waals surface area contributed by atoms with Crippen LogP contribution in [0.15, 0.2) is 60.7 Å². The summed E-state index contributed by atoms with van der Waals surface area (Å²) in [5, 5.41) is 5.77. The number of carbonyl (C=O) groups is 1. The van der Waals surface area contributed by atoms with E-state index in [0.29, 0.717) is 6.54 Å². The van der Waals surface area contributed by atoms with E-state index in [2.05, 4.69) is 10.6 Å². The maximum absolute atomic E-state index is 11.8. The van der Waals surface area contributed by atoms with Gasteiger partial charge in [-0.05, 0) is 18.1 Å². The van der Waals surface area contributed by atoms with Crippen LogP contribution in [-0.2, 0) is 6.54 Å². The predicted molar refractivity (Wildman–Crippen MR) is 76.7 cm³/mol. The summed E-state index contributed by atoms with van der Waals surface area (Å²) in [5.74, 6) is 0. The van der Waals surface area contributed by atoms with Gasteiger partial charge in [-0.2, -0.15) is 0 Å². The first-order valence-corrected chi connectivity index (χ1v) is 6.39. The highest BCUT2D eigenvalue weighted by Crippen LogP contribution is 2.10. The van der Waals surface area contributed by atoms with Crippen molar-refractivity contribution in [2.45, 2.75) is 19.5 Å². The Morgan fingerprint density at radius 3 is 2.21 bits per heavy atom. The molecule has 0 aliphatic carbocycles. The zero-order valence-corrected chi connectivity index (χ0v) is 11.0. The van der Waals surface area contributed by atoms with Crippen LogP contribution in [0.1, 0.15) is 24.1 Å². The van der Waals surface area contributed by atoms with Gasteiger partial charge in [0.1, 0.15) is 0 Å². The second-order valence-corrected chi connectivity index (χ2v) is 4.44. The van der Waals surface area contributed by atoms with Crippen LogP contribution in [-0.4, -0.2) is 6.03 Å². The number of hydrogen-bond donors (Lipinski definition) is 2. The van der Waals surface area contributed by atoms with Crippen LogP contribution >= 0.6 is 0 Å². The lowest BCUT2D eigenvalue weighted by atomic mass is 10.1. The molecule has 3 heteroatoms. The van der Waals surface area contributed by atoms with Gasteiger partial charge in [0.05, 0.1) is 6.04 Å². The fourth-order valence-electron chi connectivity index (χ4n) is 1.85. The minimum Gasteiger partial charge on any atom is -0.334 e. The van der Waals surface area contributed by atoms with Crippen LogP contribution in [0.2, 0.25) is 0 Å². The molecule has 19 heavy (non-hydrogen) atoms. The van der Waals surface area contributed by atoms with Crippen molar-refractivity contribution in [2.24, 2.45) is 0 Å². The van der Waals surface area contributed by atoms with Crippen LogP contribution in [0.25, 0.3) is 0 Å². The molecular weight excluding hydrogens is 236 g/mol. The smallest absolute Gasteiger partial charge is 0.315 e. The highest BCUT2D eigenvalue weighted by atomic mass is 16.2. The van der Waals surface area contributed by atoms with E-state index in [1.54, 1.807) is 0 Å². The Bertz CT molecular complexity index is 511. The summed E-state index contributed by atoms with van der Waals surface area (Å²) in [5.41, 5.74) is 2.18. The molecule has 0 saturated heterocycles. The van der Waals surface area contributed by atoms with Gasteiger partial charge in [-0.15, -0.1) is 0 Å². The second kappa shape index (κ2) is 6.59. The Hall–Kier alpha value is -2.29. The molecule has 0 saturated carbocycles. The summed E-state index contributed by atoms with van der Waals surface area (Å²) >= 11 is 0. The van der Waals surface area contributed by atoms with Crippen molar-refractivity contribution in [3.05, 3.63) is 71.8 Å². The quantitative estimate of drug-likeness (QED) is 0.864. The maximum atomic E-state index is 11.8. The molecule has 0 aliphatic heterocycles. The molecule has 1 atom stereocenters. The molecule has 2 aromatic rings. The average Bonchev–Trinajstić information content (AvgIpc) is 2.47. The molecule has 0 unspecified atom stereocenters. The first kappa shape index (κ1) is 13.1. The van der Waals surface area contributed by atoms with Crippen molar-refractivity contribution in [3.8, 4) is 0 Å². The number of hydrogen-bond acceptors (Lipinski definition) is 1. The number of amides is 2. The Labute approximate surface area is 113 Å². The minimum absolute atomic E-state index is 0.00280. The molecule has 2 N–H and O–H groups in total. The van der Waals surface area contributed by atoms with E-state index in [9.17, 15) is 4.79 Å². The number of nitrogens with one attached hydrogen (secondary N) is 2. The number of carbonyl (C=O) groups excluding carboxylic acids is 1. The Morgan fingerprint density at radius 1 is 1.00 bits per heavy atom. The molecule has 2 amide bonds. The molecule has 0 bridgehead atoms. The third-order valence-corrected chi connectivity index (χ3v) is 2.94. The van der Waals surface area contributed by atoms with Crippen molar-refractivity contribution >= 4 is 6.03 Å². The highest BCUT2D eigenvalue weighted by Gasteiger charge is 2.08. The van der Waals surface area contributed by atoms with Crippen molar-refractivity contribution in [2.75, 3.05) is 0 Å². The van der Waals surface area contributed by atoms with E-state index in [1.807, 2.05) is 67.6 Å². The first-order chi connectivity index (χ1) is 9.25. The van der Waals surface area contributed by atoms with E-state index in [1.165, 1.54) is 0 Å². The molecule has 0 fully saturated rings. The zero-order valence-electron chi connectivity index (χ0n) is 11.0. The lowest BCUT2D eigenvalue weighted by molar-refractivity contribution is 0.237. The van der Waals surface area contributed by atoms with Crippen molar-refractivity contribution in [3.63, 3.8) is 0 Å². The summed E-state index contributed by atoms with van der Waals surface area (Å²) in [6, 6.07) is 19.6. The number of benzene rings is 2. The minimum atomic E-state index is -0.153. The van der Waals surface area contributed by atoms with E-state index >= 15 is 0 Å². The van der Waals surface area contributed by atoms with Crippen LogP contribution in [0.5, 0.6) is 0 Å². The largest absolute Gasteiger partial charge is 0.334 e. The van der Waals surface area contributed by atoms with Gasteiger partial charge >= 0.3 is 6.03 Å². The van der Waals surface area contributed by atoms with Crippen molar-refractivity contribution in [1.29, 1.82) is 0 Å². The van der Waals surface area contributed by atoms with Crippen LogP contribution in [0.4, 0.5) is 4.79 Å². The molecule has 0 aromatic heterocycles. The Balaban J connectivity index is 1.82. The number of rotatable bonds is 4. The summed E-state index contributed by atoms with van der Waals surface area (Å²) in [6.45, 7) is 2.51. The topological polar surface area (TPSA) is 41.1 Å². The van der Waals surface area contributed by atoms with E-state index in [0.717, 1.165) is 11.1 Å². The monoisotopic (exact) mass is 254 g/mol. The van der Waals surface area contributed by atoms with Gasteiger partial charge in [0.25, 0.3) is 0 Å². The van der Waals surface area contributed by atoms with Gasteiger partial charge in [-0.1, -0.05) is 60.7 Å². The van der Waals surface area contributed by atoms with E-state index in [-0.39, 0.29) is 12.1 Å². The standard InChI is InChI=1S/C16H18N2O/c1-13(15-10-6-3-7-11-15)18-16(19)17-12-14-8-4-2-5-9-14/h2-11,13H,12H2,1H3,(H2,17,18,19)/t13-/m1/s1. The third kappa shape index (κ3) is 4.14. The number of urea groups is 1. The Morgan fingerprint density at radius 2 is 1.58 bits per heavy atom. The molecule has 2 rings (SSSR count). The molecule has 3 nitrogen and oxygen atoms in total. The summed E-state index contributed by atoms with van der Waals surface area (Å²) in [4.78, 5) is 11.8. The molecule has 2 aromatic carbocycles. The molecule has 98 valence electrons. The van der Waals surface area contributed by atoms with Gasteiger partial charge in [0.2, 0.25) is 0 Å².